The monoisotopic (exact) mass is 463 g/mol. The molecule has 0 amide bonds. The number of aromatic nitrogens is 2. The van der Waals surface area contributed by atoms with Gasteiger partial charge in [0.1, 0.15) is 11.6 Å². The van der Waals surface area contributed by atoms with Crippen molar-refractivity contribution in [2.45, 2.75) is 52.0 Å². The van der Waals surface area contributed by atoms with Crippen molar-refractivity contribution in [1.82, 2.24) is 15.3 Å². The quantitative estimate of drug-likeness (QED) is 0.413. The third-order valence-electron chi connectivity index (χ3n) is 6.30. The molecule has 0 saturated heterocycles. The molecule has 0 bridgehead atoms. The van der Waals surface area contributed by atoms with E-state index < -0.39 is 5.97 Å². The molecule has 1 aliphatic carbocycles. The van der Waals surface area contributed by atoms with Crippen molar-refractivity contribution in [2.75, 3.05) is 13.2 Å². The number of fused-ring (bicyclic) bond motifs is 1. The maximum atomic E-state index is 13.9. The highest BCUT2D eigenvalue weighted by Gasteiger charge is 2.24. The fraction of sp³-hybridized carbons (Fsp3) is 0.370. The molecule has 7 heteroatoms. The lowest BCUT2D eigenvalue weighted by molar-refractivity contribution is -0.137. The van der Waals surface area contributed by atoms with Crippen LogP contribution in [0.1, 0.15) is 53.1 Å². The number of benzene rings is 2. The minimum absolute atomic E-state index is 0.113. The Kier molecular flexibility index (Phi) is 7.53. The molecule has 0 fully saturated rings. The van der Waals surface area contributed by atoms with Crippen molar-refractivity contribution in [1.29, 1.82) is 0 Å². The number of halogens is 1. The normalized spacial score (nSPS) is 14.7. The molecule has 2 aromatic carbocycles. The summed E-state index contributed by atoms with van der Waals surface area (Å²) in [6, 6.07) is 11.0. The Morgan fingerprint density at radius 1 is 1.21 bits per heavy atom. The molecule has 3 aromatic rings. The number of carboxylic acid groups (broad SMARTS) is 1. The second-order valence-electron chi connectivity index (χ2n) is 8.86. The fourth-order valence-electron chi connectivity index (χ4n) is 4.32. The first-order valence-corrected chi connectivity index (χ1v) is 11.7. The van der Waals surface area contributed by atoms with Crippen LogP contribution in [-0.2, 0) is 17.8 Å². The summed E-state index contributed by atoms with van der Waals surface area (Å²) < 4.78 is 19.8. The molecule has 0 spiro atoms. The summed E-state index contributed by atoms with van der Waals surface area (Å²) in [5, 5.41) is 12.5. The van der Waals surface area contributed by atoms with Crippen molar-refractivity contribution < 1.29 is 19.0 Å². The SMILES string of the molecule is Cc1ccc(-c2ncc(C)c(CNCCCOc3ccc4c(c3)CC[C@H]4CC(=O)O)n2)cc1F. The standard InChI is InChI=1S/C27H30FN3O3/c1-17-4-5-21(13-24(17)28)27-30-15-18(2)25(31-27)16-29-10-3-11-34-22-8-9-23-19(12-22)6-7-20(23)14-26(32)33/h4-5,8-9,12-13,15,20,29H,3,6-7,10-11,14,16H2,1-2H3,(H,32,33)/t20-/m0/s1. The summed E-state index contributed by atoms with van der Waals surface area (Å²) in [6.45, 7) is 5.65. The van der Waals surface area contributed by atoms with Crippen LogP contribution >= 0.6 is 0 Å². The van der Waals surface area contributed by atoms with Gasteiger partial charge in [-0.15, -0.1) is 0 Å². The smallest absolute Gasteiger partial charge is 0.303 e. The Morgan fingerprint density at radius 3 is 2.85 bits per heavy atom. The summed E-state index contributed by atoms with van der Waals surface area (Å²) in [5.74, 6) is 0.456. The Bertz CT molecular complexity index is 1180. The maximum Gasteiger partial charge on any atom is 0.303 e. The average Bonchev–Trinajstić information content (AvgIpc) is 3.20. The number of aliphatic carboxylic acids is 1. The number of rotatable bonds is 10. The van der Waals surface area contributed by atoms with Crippen molar-refractivity contribution in [3.05, 3.63) is 76.4 Å². The molecular weight excluding hydrogens is 433 g/mol. The molecule has 0 unspecified atom stereocenters. The third kappa shape index (κ3) is 5.78. The van der Waals surface area contributed by atoms with Gasteiger partial charge in [0.25, 0.3) is 0 Å². The van der Waals surface area contributed by atoms with Gasteiger partial charge in [0.15, 0.2) is 5.82 Å². The molecule has 1 aliphatic rings. The first-order chi connectivity index (χ1) is 16.4. The van der Waals surface area contributed by atoms with Crippen LogP contribution in [0.25, 0.3) is 11.4 Å². The highest BCUT2D eigenvalue weighted by Crippen LogP contribution is 2.37. The van der Waals surface area contributed by atoms with Crippen LogP contribution < -0.4 is 10.1 Å². The molecule has 1 heterocycles. The van der Waals surface area contributed by atoms with E-state index >= 15 is 0 Å². The molecule has 178 valence electrons. The van der Waals surface area contributed by atoms with Gasteiger partial charge in [-0.05, 0) is 86.0 Å². The second kappa shape index (κ2) is 10.7. The maximum absolute atomic E-state index is 13.9. The largest absolute Gasteiger partial charge is 0.494 e. The zero-order valence-electron chi connectivity index (χ0n) is 19.6. The molecule has 34 heavy (non-hydrogen) atoms. The average molecular weight is 464 g/mol. The van der Waals surface area contributed by atoms with E-state index in [4.69, 9.17) is 9.84 Å². The van der Waals surface area contributed by atoms with E-state index in [0.717, 1.165) is 48.4 Å². The topological polar surface area (TPSA) is 84.3 Å². The minimum Gasteiger partial charge on any atom is -0.494 e. The fourth-order valence-corrected chi connectivity index (χ4v) is 4.32. The molecule has 0 saturated carbocycles. The van der Waals surface area contributed by atoms with E-state index in [1.165, 1.54) is 11.6 Å². The second-order valence-corrected chi connectivity index (χ2v) is 8.86. The molecule has 2 N–H and O–H groups in total. The number of hydrogen-bond acceptors (Lipinski definition) is 5. The molecule has 1 atom stereocenters. The number of nitrogens with zero attached hydrogens (tertiary/aromatic N) is 2. The number of aryl methyl sites for hydroxylation is 3. The number of ether oxygens (including phenoxy) is 1. The van der Waals surface area contributed by atoms with Crippen molar-refractivity contribution in [3.63, 3.8) is 0 Å². The Hall–Kier alpha value is -3.32. The van der Waals surface area contributed by atoms with Gasteiger partial charge in [-0.3, -0.25) is 4.79 Å². The Labute approximate surface area is 199 Å². The number of carbonyl (C=O) groups is 1. The van der Waals surface area contributed by atoms with Crippen molar-refractivity contribution in [3.8, 4) is 17.1 Å². The van der Waals surface area contributed by atoms with E-state index in [0.29, 0.717) is 30.1 Å². The van der Waals surface area contributed by atoms with Gasteiger partial charge in [-0.1, -0.05) is 18.2 Å². The number of nitrogens with one attached hydrogen (secondary N) is 1. The van der Waals surface area contributed by atoms with Crippen molar-refractivity contribution in [2.24, 2.45) is 0 Å². The van der Waals surface area contributed by atoms with E-state index in [-0.39, 0.29) is 18.2 Å². The van der Waals surface area contributed by atoms with Crippen LogP contribution in [0.3, 0.4) is 0 Å². The van der Waals surface area contributed by atoms with Crippen LogP contribution in [0.15, 0.2) is 42.6 Å². The lowest BCUT2D eigenvalue weighted by Gasteiger charge is -2.12. The molecular formula is C27H30FN3O3. The van der Waals surface area contributed by atoms with Gasteiger partial charge >= 0.3 is 5.97 Å². The van der Waals surface area contributed by atoms with E-state index in [2.05, 4.69) is 15.3 Å². The Balaban J connectivity index is 1.24. The van der Waals surface area contributed by atoms with E-state index in [1.54, 1.807) is 19.2 Å². The Morgan fingerprint density at radius 2 is 2.06 bits per heavy atom. The third-order valence-corrected chi connectivity index (χ3v) is 6.30. The van der Waals surface area contributed by atoms with Gasteiger partial charge in [-0.2, -0.15) is 0 Å². The summed E-state index contributed by atoms with van der Waals surface area (Å²) in [5.41, 5.74) is 5.49. The van der Waals surface area contributed by atoms with Gasteiger partial charge < -0.3 is 15.2 Å². The zero-order chi connectivity index (χ0) is 24.1. The summed E-state index contributed by atoms with van der Waals surface area (Å²) in [4.78, 5) is 20.0. The zero-order valence-corrected chi connectivity index (χ0v) is 19.6. The molecule has 4 rings (SSSR count). The van der Waals surface area contributed by atoms with Gasteiger partial charge in [0.05, 0.1) is 18.7 Å². The van der Waals surface area contributed by atoms with Gasteiger partial charge in [-0.25, -0.2) is 14.4 Å². The summed E-state index contributed by atoms with van der Waals surface area (Å²) >= 11 is 0. The van der Waals surface area contributed by atoms with Gasteiger partial charge in [0.2, 0.25) is 0 Å². The lowest BCUT2D eigenvalue weighted by atomic mass is 9.98. The minimum atomic E-state index is -0.747. The lowest BCUT2D eigenvalue weighted by Crippen LogP contribution is -2.19. The summed E-state index contributed by atoms with van der Waals surface area (Å²) in [7, 11) is 0. The van der Waals surface area contributed by atoms with E-state index in [1.807, 2.05) is 31.2 Å². The van der Waals surface area contributed by atoms with Crippen LogP contribution in [0.2, 0.25) is 0 Å². The highest BCUT2D eigenvalue weighted by molar-refractivity contribution is 5.68. The molecule has 1 aromatic heterocycles. The van der Waals surface area contributed by atoms with Gasteiger partial charge in [0, 0.05) is 18.3 Å². The first kappa shape index (κ1) is 23.8. The number of hydrogen-bond donors (Lipinski definition) is 2. The van der Waals surface area contributed by atoms with Crippen molar-refractivity contribution >= 4 is 5.97 Å². The molecule has 0 aliphatic heterocycles. The summed E-state index contributed by atoms with van der Waals surface area (Å²) in [6.07, 6.45) is 4.58. The highest BCUT2D eigenvalue weighted by atomic mass is 19.1. The first-order valence-electron chi connectivity index (χ1n) is 11.7. The molecule has 6 nitrogen and oxygen atoms in total. The van der Waals surface area contributed by atoms with Crippen LogP contribution in [-0.4, -0.2) is 34.2 Å². The van der Waals surface area contributed by atoms with E-state index in [9.17, 15) is 9.18 Å². The number of carboxylic acids is 1. The van der Waals surface area contributed by atoms with Crippen LogP contribution in [0, 0.1) is 19.7 Å². The van der Waals surface area contributed by atoms with Crippen LogP contribution in [0.5, 0.6) is 5.75 Å². The van der Waals surface area contributed by atoms with Crippen LogP contribution in [0.4, 0.5) is 4.39 Å². The predicted octanol–water partition coefficient (Wildman–Crippen LogP) is 4.96. The molecule has 0 radical (unpaired) electrons. The predicted molar refractivity (Wildman–Crippen MR) is 128 cm³/mol.